The molecule has 0 aliphatic rings. The van der Waals surface area contributed by atoms with Gasteiger partial charge < -0.3 is 9.13 Å². The summed E-state index contributed by atoms with van der Waals surface area (Å²) < 4.78 is 4.82. The Morgan fingerprint density at radius 3 is 0.962 bits per heavy atom. The molecule has 0 saturated carbocycles. The Kier molecular flexibility index (Phi) is 7.11. The molecule has 0 saturated heterocycles. The number of aromatic nitrogens is 2. The summed E-state index contributed by atoms with van der Waals surface area (Å²) in [4.78, 5) is 0. The average molecular weight is 667 g/mol. The van der Waals surface area contributed by atoms with Crippen molar-refractivity contribution in [3.8, 4) is 45.8 Å². The molecule has 4 nitrogen and oxygen atoms in total. The van der Waals surface area contributed by atoms with Crippen molar-refractivity contribution in [1.82, 2.24) is 9.13 Å². The quantitative estimate of drug-likeness (QED) is 0.188. The van der Waals surface area contributed by atoms with E-state index in [-0.39, 0.29) is 0 Å². The van der Waals surface area contributed by atoms with E-state index < -0.39 is 0 Å². The lowest BCUT2D eigenvalue weighted by molar-refractivity contribution is 1.13. The molecule has 0 aliphatic heterocycles. The van der Waals surface area contributed by atoms with Crippen molar-refractivity contribution in [3.63, 3.8) is 0 Å². The number of nitriles is 2. The number of fused-ring (bicyclic) bond motifs is 6. The summed E-state index contributed by atoms with van der Waals surface area (Å²) in [6, 6.07) is 51.9. The smallest absolute Gasteiger partial charge is 0.0991 e. The van der Waals surface area contributed by atoms with Crippen LogP contribution in [0.2, 0.25) is 0 Å². The van der Waals surface area contributed by atoms with Gasteiger partial charge in [-0.2, -0.15) is 10.5 Å². The molecule has 2 heterocycles. The summed E-state index contributed by atoms with van der Waals surface area (Å²) in [5.41, 5.74) is 16.8. The number of hydrogen-bond donors (Lipinski definition) is 0. The van der Waals surface area contributed by atoms with E-state index in [1.54, 1.807) is 0 Å². The van der Waals surface area contributed by atoms with Crippen LogP contribution in [-0.4, -0.2) is 9.13 Å². The third-order valence-electron chi connectivity index (χ3n) is 10.4. The first-order valence-corrected chi connectivity index (χ1v) is 17.5. The Balaban J connectivity index is 1.48. The highest BCUT2D eigenvalue weighted by Gasteiger charge is 2.23. The summed E-state index contributed by atoms with van der Waals surface area (Å²) in [5.74, 6) is 0. The summed E-state index contributed by atoms with van der Waals surface area (Å²) in [6.07, 6.45) is 0. The van der Waals surface area contributed by atoms with E-state index in [9.17, 15) is 10.5 Å². The highest BCUT2D eigenvalue weighted by atomic mass is 15.0. The molecule has 0 unspecified atom stereocenters. The highest BCUT2D eigenvalue weighted by Crippen LogP contribution is 2.44. The topological polar surface area (TPSA) is 57.4 Å². The largest absolute Gasteiger partial charge is 0.309 e. The third kappa shape index (κ3) is 4.89. The molecule has 52 heavy (non-hydrogen) atoms. The molecule has 0 N–H and O–H groups in total. The van der Waals surface area contributed by atoms with Crippen LogP contribution in [0.15, 0.2) is 133 Å². The maximum Gasteiger partial charge on any atom is 0.0991 e. The van der Waals surface area contributed by atoms with Crippen molar-refractivity contribution < 1.29 is 0 Å². The Bertz CT molecular complexity index is 2670. The van der Waals surface area contributed by atoms with E-state index in [0.29, 0.717) is 11.1 Å². The summed E-state index contributed by atoms with van der Waals surface area (Å²) in [6.45, 7) is 8.60. The van der Waals surface area contributed by atoms with Gasteiger partial charge in [-0.25, -0.2) is 0 Å². The number of rotatable bonds is 4. The Morgan fingerprint density at radius 2 is 0.673 bits per heavy atom. The standard InChI is InChI=1S/C48H34N4/c1-29-5-17-43-39(21-29)40-22-30(2)6-18-44(40)51(43)47-26-48(52-45-19-7-31(3)23-41(45)42-24-32(4)8-20-46(42)52)38(36-15-11-34(28-50)12-16-36)25-37(47)35-13-9-33(27-49)10-14-35/h5-26H,1-4H3. The fraction of sp³-hybridized carbons (Fsp3) is 0.0833. The van der Waals surface area contributed by atoms with Crippen LogP contribution in [0.3, 0.4) is 0 Å². The van der Waals surface area contributed by atoms with Gasteiger partial charge in [-0.05, 0) is 124 Å². The second-order valence-corrected chi connectivity index (χ2v) is 14.0. The lowest BCUT2D eigenvalue weighted by Crippen LogP contribution is -2.04. The molecule has 0 bridgehead atoms. The van der Waals surface area contributed by atoms with Crippen LogP contribution in [0.25, 0.3) is 77.2 Å². The second-order valence-electron chi connectivity index (χ2n) is 14.0. The van der Waals surface area contributed by atoms with Crippen molar-refractivity contribution in [2.45, 2.75) is 27.7 Å². The van der Waals surface area contributed by atoms with Gasteiger partial charge in [-0.3, -0.25) is 0 Å². The molecule has 7 aromatic carbocycles. The second kappa shape index (κ2) is 11.9. The molecule has 9 rings (SSSR count). The van der Waals surface area contributed by atoms with Crippen LogP contribution < -0.4 is 0 Å². The lowest BCUT2D eigenvalue weighted by atomic mass is 9.94. The van der Waals surface area contributed by atoms with Crippen LogP contribution in [0, 0.1) is 50.4 Å². The monoisotopic (exact) mass is 666 g/mol. The minimum absolute atomic E-state index is 0.618. The zero-order valence-corrected chi connectivity index (χ0v) is 29.5. The van der Waals surface area contributed by atoms with Gasteiger partial charge >= 0.3 is 0 Å². The zero-order valence-electron chi connectivity index (χ0n) is 29.5. The van der Waals surface area contributed by atoms with Crippen molar-refractivity contribution >= 4 is 43.6 Å². The van der Waals surface area contributed by atoms with Crippen LogP contribution >= 0.6 is 0 Å². The van der Waals surface area contributed by atoms with Crippen molar-refractivity contribution in [3.05, 3.63) is 167 Å². The number of hydrogen-bond acceptors (Lipinski definition) is 2. The normalized spacial score (nSPS) is 11.4. The molecule has 0 fully saturated rings. The number of benzene rings is 7. The van der Waals surface area contributed by atoms with Crippen LogP contribution in [0.4, 0.5) is 0 Å². The van der Waals surface area contributed by atoms with Crippen LogP contribution in [-0.2, 0) is 0 Å². The first-order chi connectivity index (χ1) is 25.3. The molecular weight excluding hydrogens is 633 g/mol. The summed E-state index contributed by atoms with van der Waals surface area (Å²) in [7, 11) is 0. The van der Waals surface area contributed by atoms with Crippen molar-refractivity contribution in [2.75, 3.05) is 0 Å². The molecular formula is C48H34N4. The van der Waals surface area contributed by atoms with Gasteiger partial charge in [-0.1, -0.05) is 70.8 Å². The molecule has 246 valence electrons. The Hall–Kier alpha value is -6.88. The van der Waals surface area contributed by atoms with E-state index in [0.717, 1.165) is 55.7 Å². The van der Waals surface area contributed by atoms with Gasteiger partial charge in [0.1, 0.15) is 0 Å². The zero-order chi connectivity index (χ0) is 35.7. The lowest BCUT2D eigenvalue weighted by Gasteiger charge is -2.21. The molecule has 0 atom stereocenters. The van der Waals surface area contributed by atoms with Gasteiger partial charge in [0.25, 0.3) is 0 Å². The third-order valence-corrected chi connectivity index (χ3v) is 10.4. The molecule has 4 heteroatoms. The molecule has 0 amide bonds. The van der Waals surface area contributed by atoms with Gasteiger partial charge in [0.15, 0.2) is 0 Å². The van der Waals surface area contributed by atoms with Crippen LogP contribution in [0.5, 0.6) is 0 Å². The summed E-state index contributed by atoms with van der Waals surface area (Å²) in [5, 5.41) is 24.2. The maximum atomic E-state index is 9.69. The molecule has 0 aliphatic carbocycles. The Labute approximate surface area is 302 Å². The number of nitrogens with zero attached hydrogens (tertiary/aromatic N) is 4. The fourth-order valence-electron chi connectivity index (χ4n) is 7.88. The van der Waals surface area contributed by atoms with E-state index in [1.807, 2.05) is 48.5 Å². The first-order valence-electron chi connectivity index (χ1n) is 17.5. The predicted octanol–water partition coefficient (Wildman–Crippen LogP) is 12.2. The maximum absolute atomic E-state index is 9.69. The van der Waals surface area contributed by atoms with Gasteiger partial charge in [0.05, 0.1) is 56.7 Å². The average Bonchev–Trinajstić information content (AvgIpc) is 3.65. The highest BCUT2D eigenvalue weighted by molar-refractivity contribution is 6.12. The van der Waals surface area contributed by atoms with Gasteiger partial charge in [0.2, 0.25) is 0 Å². The van der Waals surface area contributed by atoms with E-state index >= 15 is 0 Å². The molecule has 0 spiro atoms. The number of aryl methyl sites for hydroxylation is 4. The molecule has 9 aromatic rings. The van der Waals surface area contributed by atoms with Crippen molar-refractivity contribution in [2.24, 2.45) is 0 Å². The van der Waals surface area contributed by atoms with E-state index in [1.165, 1.54) is 43.8 Å². The van der Waals surface area contributed by atoms with E-state index in [2.05, 4.69) is 134 Å². The Morgan fingerprint density at radius 1 is 0.365 bits per heavy atom. The van der Waals surface area contributed by atoms with Gasteiger partial charge in [-0.15, -0.1) is 0 Å². The minimum atomic E-state index is 0.618. The van der Waals surface area contributed by atoms with Gasteiger partial charge in [0, 0.05) is 32.7 Å². The van der Waals surface area contributed by atoms with E-state index in [4.69, 9.17) is 0 Å². The van der Waals surface area contributed by atoms with Crippen molar-refractivity contribution in [1.29, 1.82) is 10.5 Å². The minimum Gasteiger partial charge on any atom is -0.309 e. The molecule has 2 aromatic heterocycles. The SMILES string of the molecule is Cc1ccc2c(c1)c1cc(C)ccc1n2-c1cc(-n2c3ccc(C)cc3c3cc(C)ccc32)c(-c2ccc(C#N)cc2)cc1-c1ccc(C#N)cc1. The fourth-order valence-corrected chi connectivity index (χ4v) is 7.88. The molecule has 0 radical (unpaired) electrons. The predicted molar refractivity (Wildman–Crippen MR) is 214 cm³/mol. The van der Waals surface area contributed by atoms with Crippen LogP contribution in [0.1, 0.15) is 33.4 Å². The summed E-state index contributed by atoms with van der Waals surface area (Å²) >= 11 is 0. The first kappa shape index (κ1) is 31.1.